The van der Waals surface area contributed by atoms with Gasteiger partial charge in [0, 0.05) is 10.7 Å². The molecule has 0 aromatic heterocycles. The number of nitrogens with zero attached hydrogens (tertiary/aromatic N) is 1. The van der Waals surface area contributed by atoms with E-state index >= 15 is 0 Å². The first-order valence-corrected chi connectivity index (χ1v) is 10.4. The highest BCUT2D eigenvalue weighted by atomic mass is 35.5. The van der Waals surface area contributed by atoms with E-state index in [1.807, 2.05) is 0 Å². The predicted octanol–water partition coefficient (Wildman–Crippen LogP) is 4.54. The molecule has 0 fully saturated rings. The van der Waals surface area contributed by atoms with Gasteiger partial charge in [0.2, 0.25) is 15.9 Å². The highest BCUT2D eigenvalue weighted by Gasteiger charge is 2.32. The number of anilines is 2. The molecule has 152 valence electrons. The van der Waals surface area contributed by atoms with E-state index in [4.69, 9.17) is 11.6 Å². The van der Waals surface area contributed by atoms with E-state index in [-0.39, 0.29) is 17.8 Å². The molecule has 2 aromatic carbocycles. The third-order valence-electron chi connectivity index (χ3n) is 3.87. The van der Waals surface area contributed by atoms with Crippen LogP contribution in [-0.2, 0) is 21.0 Å². The Morgan fingerprint density at radius 3 is 2.25 bits per heavy atom. The quantitative estimate of drug-likeness (QED) is 0.725. The summed E-state index contributed by atoms with van der Waals surface area (Å²) < 4.78 is 63.6. The second-order valence-corrected chi connectivity index (χ2v) is 8.32. The Balaban J connectivity index is 2.32. The molecule has 0 saturated carbocycles. The third kappa shape index (κ3) is 5.39. The van der Waals surface area contributed by atoms with E-state index in [0.717, 1.165) is 34.8 Å². The molecule has 0 saturated heterocycles. The van der Waals surface area contributed by atoms with Gasteiger partial charge >= 0.3 is 6.18 Å². The molecule has 28 heavy (non-hydrogen) atoms. The number of benzene rings is 2. The third-order valence-corrected chi connectivity index (χ3v) is 5.29. The number of nitrogens with one attached hydrogen (secondary N) is 1. The Morgan fingerprint density at radius 1 is 1.18 bits per heavy atom. The fourth-order valence-electron chi connectivity index (χ4n) is 2.64. The molecule has 0 heterocycles. The van der Waals surface area contributed by atoms with Gasteiger partial charge in [0.25, 0.3) is 0 Å². The van der Waals surface area contributed by atoms with Crippen LogP contribution in [0.2, 0.25) is 5.02 Å². The Morgan fingerprint density at radius 2 is 1.79 bits per heavy atom. The second kappa shape index (κ2) is 8.40. The number of rotatable bonds is 6. The molecule has 0 aliphatic carbocycles. The summed E-state index contributed by atoms with van der Waals surface area (Å²) in [7, 11) is -3.84. The van der Waals surface area contributed by atoms with Crippen LogP contribution < -0.4 is 9.62 Å². The van der Waals surface area contributed by atoms with E-state index in [9.17, 15) is 26.4 Å². The molecule has 1 amide bonds. The van der Waals surface area contributed by atoms with Gasteiger partial charge in [0.1, 0.15) is 6.04 Å². The smallest absolute Gasteiger partial charge is 0.324 e. The number of carbonyl (C=O) groups is 1. The maximum atomic E-state index is 12.7. The first-order valence-electron chi connectivity index (χ1n) is 8.16. The summed E-state index contributed by atoms with van der Waals surface area (Å²) in [6, 6.07) is 8.80. The molecule has 10 heteroatoms. The molecule has 0 aliphatic heterocycles. The van der Waals surface area contributed by atoms with Crippen LogP contribution in [0.5, 0.6) is 0 Å². The van der Waals surface area contributed by atoms with Gasteiger partial charge in [-0.05, 0) is 48.9 Å². The molecule has 0 aliphatic rings. The van der Waals surface area contributed by atoms with Gasteiger partial charge in [-0.15, -0.1) is 0 Å². The van der Waals surface area contributed by atoms with Crippen molar-refractivity contribution in [3.8, 4) is 0 Å². The minimum atomic E-state index is -4.49. The molecule has 5 nitrogen and oxygen atoms in total. The molecule has 0 bridgehead atoms. The maximum Gasteiger partial charge on any atom is 0.416 e. The average molecular weight is 435 g/mol. The highest BCUT2D eigenvalue weighted by molar-refractivity contribution is 7.92. The second-order valence-electron chi connectivity index (χ2n) is 6.03. The average Bonchev–Trinajstić information content (AvgIpc) is 2.57. The number of sulfonamides is 1. The standard InChI is InChI=1S/C18H18ClF3N2O3S/c1-3-16(24(28(2,26)27)15-6-4-5-13(19)11-15)17(25)23-14-9-7-12(8-10-14)18(20,21)22/h4-11,16H,3H2,1-2H3,(H,23,25)/t16-/m0/s1. The van der Waals surface area contributed by atoms with Crippen molar-refractivity contribution >= 4 is 38.9 Å². The van der Waals surface area contributed by atoms with Crippen molar-refractivity contribution in [2.75, 3.05) is 15.9 Å². The number of hydrogen-bond donors (Lipinski definition) is 1. The molecular weight excluding hydrogens is 417 g/mol. The number of amides is 1. The van der Waals surface area contributed by atoms with Gasteiger partial charge in [-0.3, -0.25) is 9.10 Å². The molecule has 2 rings (SSSR count). The van der Waals surface area contributed by atoms with Crippen LogP contribution in [0.25, 0.3) is 0 Å². The lowest BCUT2D eigenvalue weighted by molar-refractivity contribution is -0.137. The summed E-state index contributed by atoms with van der Waals surface area (Å²) in [6.07, 6.45) is -3.40. The molecule has 0 unspecified atom stereocenters. The Labute approximate surface area is 166 Å². The molecule has 0 spiro atoms. The lowest BCUT2D eigenvalue weighted by Gasteiger charge is -2.30. The first-order chi connectivity index (χ1) is 12.9. The SMILES string of the molecule is CC[C@@H](C(=O)Nc1ccc(C(F)(F)F)cc1)N(c1cccc(Cl)c1)S(C)(=O)=O. The van der Waals surface area contributed by atoms with Crippen LogP contribution >= 0.6 is 11.6 Å². The summed E-state index contributed by atoms with van der Waals surface area (Å²) >= 11 is 5.93. The summed E-state index contributed by atoms with van der Waals surface area (Å²) in [5.41, 5.74) is -0.519. The Kier molecular flexibility index (Phi) is 6.61. The van der Waals surface area contributed by atoms with Gasteiger partial charge in [0.15, 0.2) is 0 Å². The predicted molar refractivity (Wildman–Crippen MR) is 103 cm³/mol. The summed E-state index contributed by atoms with van der Waals surface area (Å²) in [4.78, 5) is 12.7. The fourth-order valence-corrected chi connectivity index (χ4v) is 4.03. The van der Waals surface area contributed by atoms with Crippen LogP contribution in [0.3, 0.4) is 0 Å². The Hall–Kier alpha value is -2.26. The van der Waals surface area contributed by atoms with Gasteiger partial charge < -0.3 is 5.32 Å². The van der Waals surface area contributed by atoms with E-state index in [1.54, 1.807) is 19.1 Å². The molecule has 1 N–H and O–H groups in total. The number of hydrogen-bond acceptors (Lipinski definition) is 3. The zero-order valence-corrected chi connectivity index (χ0v) is 16.6. The number of halogens is 4. The monoisotopic (exact) mass is 434 g/mol. The zero-order valence-electron chi connectivity index (χ0n) is 15.0. The van der Waals surface area contributed by atoms with E-state index in [0.29, 0.717) is 5.02 Å². The zero-order chi connectivity index (χ0) is 21.1. The van der Waals surface area contributed by atoms with E-state index in [1.165, 1.54) is 12.1 Å². The lowest BCUT2D eigenvalue weighted by Crippen LogP contribution is -2.47. The van der Waals surface area contributed by atoms with Gasteiger partial charge in [0.05, 0.1) is 17.5 Å². The molecule has 0 radical (unpaired) electrons. The maximum absolute atomic E-state index is 12.7. The summed E-state index contributed by atoms with van der Waals surface area (Å²) in [5.74, 6) is -0.673. The number of alkyl halides is 3. The van der Waals surface area contributed by atoms with Crippen LogP contribution in [-0.4, -0.2) is 26.6 Å². The van der Waals surface area contributed by atoms with E-state index in [2.05, 4.69) is 5.32 Å². The van der Waals surface area contributed by atoms with Crippen molar-refractivity contribution in [3.05, 3.63) is 59.1 Å². The molecular formula is C18H18ClF3N2O3S. The van der Waals surface area contributed by atoms with Crippen LogP contribution in [0.1, 0.15) is 18.9 Å². The van der Waals surface area contributed by atoms with Crippen LogP contribution in [0.4, 0.5) is 24.5 Å². The minimum absolute atomic E-state index is 0.121. The summed E-state index contributed by atoms with van der Waals surface area (Å²) in [6.45, 7) is 1.62. The van der Waals surface area contributed by atoms with Crippen molar-refractivity contribution in [1.82, 2.24) is 0 Å². The lowest BCUT2D eigenvalue weighted by atomic mass is 10.1. The Bertz CT molecular complexity index is 947. The fraction of sp³-hybridized carbons (Fsp3) is 0.278. The van der Waals surface area contributed by atoms with Crippen LogP contribution in [0.15, 0.2) is 48.5 Å². The van der Waals surface area contributed by atoms with Gasteiger partial charge in [-0.2, -0.15) is 13.2 Å². The molecule has 1 atom stereocenters. The van der Waals surface area contributed by atoms with Gasteiger partial charge in [-0.25, -0.2) is 8.42 Å². The largest absolute Gasteiger partial charge is 0.416 e. The van der Waals surface area contributed by atoms with Crippen molar-refractivity contribution in [2.45, 2.75) is 25.6 Å². The topological polar surface area (TPSA) is 66.5 Å². The van der Waals surface area contributed by atoms with Gasteiger partial charge in [-0.1, -0.05) is 24.6 Å². The van der Waals surface area contributed by atoms with Crippen molar-refractivity contribution in [3.63, 3.8) is 0 Å². The van der Waals surface area contributed by atoms with Crippen molar-refractivity contribution in [2.24, 2.45) is 0 Å². The normalized spacial score (nSPS) is 13.1. The summed E-state index contributed by atoms with van der Waals surface area (Å²) in [5, 5.41) is 2.76. The van der Waals surface area contributed by atoms with Crippen molar-refractivity contribution < 1.29 is 26.4 Å². The highest BCUT2D eigenvalue weighted by Crippen LogP contribution is 2.30. The first kappa shape index (κ1) is 22.0. The minimum Gasteiger partial charge on any atom is -0.324 e. The van der Waals surface area contributed by atoms with E-state index < -0.39 is 33.7 Å². The van der Waals surface area contributed by atoms with Crippen molar-refractivity contribution in [1.29, 1.82) is 0 Å². The van der Waals surface area contributed by atoms with Crippen LogP contribution in [0, 0.1) is 0 Å². The number of carbonyl (C=O) groups excluding carboxylic acids is 1. The molecule has 2 aromatic rings.